The normalized spacial score (nSPS) is 17.9. The molecule has 0 saturated carbocycles. The van der Waals surface area contributed by atoms with Crippen LogP contribution in [-0.4, -0.2) is 32.3 Å². The zero-order chi connectivity index (χ0) is 20.6. The van der Waals surface area contributed by atoms with E-state index in [-0.39, 0.29) is 41.8 Å². The number of rotatable bonds is 4. The molecule has 0 atom stereocenters. The number of hydrogen-bond acceptors (Lipinski definition) is 0. The van der Waals surface area contributed by atoms with Crippen LogP contribution in [0.5, 0.6) is 0 Å². The van der Waals surface area contributed by atoms with Crippen molar-refractivity contribution in [2.45, 2.75) is 91.4 Å². The third kappa shape index (κ3) is 8.43. The van der Waals surface area contributed by atoms with Crippen LogP contribution in [0.15, 0.2) is 32.9 Å². The third-order valence-electron chi connectivity index (χ3n) is 4.82. The largest absolute Gasteiger partial charge is 3.00 e. The molecule has 153 valence electrons. The van der Waals surface area contributed by atoms with Crippen molar-refractivity contribution in [3.8, 4) is 0 Å². The fourth-order valence-electron chi connectivity index (χ4n) is 3.61. The molecule has 0 spiro atoms. The van der Waals surface area contributed by atoms with E-state index >= 15 is 0 Å². The first-order valence-electron chi connectivity index (χ1n) is 10.1. The second-order valence-corrected chi connectivity index (χ2v) is 31.8. The molecule has 5 heteroatoms. The molecule has 0 aromatic heterocycles. The van der Waals surface area contributed by atoms with Gasteiger partial charge in [0, 0.05) is 16.1 Å². The van der Waals surface area contributed by atoms with Crippen molar-refractivity contribution >= 4 is 32.3 Å². The topological polar surface area (TPSA) is 0 Å². The summed E-state index contributed by atoms with van der Waals surface area (Å²) in [6.07, 6.45) is 14.1. The van der Waals surface area contributed by atoms with Crippen LogP contribution >= 0.6 is 0 Å². The first kappa shape index (κ1) is 28.2. The molecule has 0 saturated heterocycles. The van der Waals surface area contributed by atoms with Gasteiger partial charge in [-0.15, -0.1) is 12.8 Å². The van der Waals surface area contributed by atoms with E-state index in [1.165, 1.54) is 0 Å². The Kier molecular flexibility index (Phi) is 10.4. The van der Waals surface area contributed by atoms with Gasteiger partial charge in [-0.3, -0.25) is 12.2 Å². The van der Waals surface area contributed by atoms with E-state index in [0.717, 1.165) is 12.8 Å². The van der Waals surface area contributed by atoms with Crippen LogP contribution in [0.2, 0.25) is 78.6 Å². The van der Waals surface area contributed by atoms with Crippen LogP contribution in [0, 0.1) is 52.5 Å². The van der Waals surface area contributed by atoms with E-state index in [2.05, 4.69) is 103 Å². The van der Waals surface area contributed by atoms with E-state index in [1.807, 2.05) is 0 Å². The van der Waals surface area contributed by atoms with Crippen LogP contribution in [-0.2, 0) is 0 Å². The molecular weight excluding hydrogens is 527 g/mol. The summed E-state index contributed by atoms with van der Waals surface area (Å²) in [4.78, 5) is 0. The minimum absolute atomic E-state index is 0. The monoisotopic (exact) mass is 571 g/mol. The van der Waals surface area contributed by atoms with E-state index in [1.54, 1.807) is 20.8 Å². The smallest absolute Gasteiger partial charge is 1.00 e. The zero-order valence-electron chi connectivity index (χ0n) is 21.0. The molecule has 0 aliphatic heterocycles. The molecule has 0 fully saturated rings. The summed E-state index contributed by atoms with van der Waals surface area (Å²) in [5, 5.41) is 6.61. The molecule has 0 bridgehead atoms. The fourth-order valence-corrected chi connectivity index (χ4v) is 14.3. The van der Waals surface area contributed by atoms with Crippen molar-refractivity contribution in [3.05, 3.63) is 45.1 Å². The Bertz CT molecular complexity index is 532. The van der Waals surface area contributed by atoms with Gasteiger partial charge in [-0.25, -0.2) is 20.8 Å². The van der Waals surface area contributed by atoms with Gasteiger partial charge in [-0.05, 0) is 16.1 Å². The van der Waals surface area contributed by atoms with Crippen molar-refractivity contribution in [2.24, 2.45) is 0 Å². The average Bonchev–Trinajstić information content (AvgIpc) is 3.06. The van der Waals surface area contributed by atoms with Gasteiger partial charge in [0.25, 0.3) is 0 Å². The zero-order valence-corrected chi connectivity index (χ0v) is 26.6. The molecule has 2 aliphatic carbocycles. The first-order valence-corrected chi connectivity index (χ1v) is 24.1. The third-order valence-corrected chi connectivity index (χ3v) is 13.4. The Morgan fingerprint density at radius 3 is 0.963 bits per heavy atom. The van der Waals surface area contributed by atoms with Crippen LogP contribution < -0.4 is 0 Å². The summed E-state index contributed by atoms with van der Waals surface area (Å²) in [6.45, 7) is 29.2. The summed E-state index contributed by atoms with van der Waals surface area (Å²) in [5.74, 6) is 0. The van der Waals surface area contributed by atoms with Crippen LogP contribution in [0.25, 0.3) is 0 Å². The van der Waals surface area contributed by atoms with Gasteiger partial charge in [0.05, 0.1) is 0 Å². The predicted octanol–water partition coefficient (Wildman–Crippen LogP) is 7.71. The summed E-state index contributed by atoms with van der Waals surface area (Å²) in [6, 6.07) is 0. The van der Waals surface area contributed by atoms with Crippen molar-refractivity contribution in [3.63, 3.8) is 0 Å². The van der Waals surface area contributed by atoms with Gasteiger partial charge < -0.3 is 1.43 Å². The van der Waals surface area contributed by atoms with E-state index in [9.17, 15) is 0 Å². The molecule has 27 heavy (non-hydrogen) atoms. The van der Waals surface area contributed by atoms with Crippen molar-refractivity contribution < 1.29 is 41.8 Å². The second-order valence-electron chi connectivity index (χ2n) is 11.7. The second kappa shape index (κ2) is 9.98. The van der Waals surface area contributed by atoms with Gasteiger partial charge in [0.2, 0.25) is 0 Å². The van der Waals surface area contributed by atoms with Crippen LogP contribution in [0.1, 0.15) is 14.3 Å². The summed E-state index contributed by atoms with van der Waals surface area (Å²) >= 11 is 0. The summed E-state index contributed by atoms with van der Waals surface area (Å²) < 4.78 is 0. The van der Waals surface area contributed by atoms with Gasteiger partial charge in [0.1, 0.15) is 0 Å². The summed E-state index contributed by atoms with van der Waals surface area (Å²) in [5.41, 5.74) is 0. The Morgan fingerprint density at radius 1 is 0.556 bits per heavy atom. The van der Waals surface area contributed by atoms with Gasteiger partial charge in [-0.1, -0.05) is 78.6 Å². The molecule has 2 rings (SSSR count). The van der Waals surface area contributed by atoms with Gasteiger partial charge in [0.15, 0.2) is 0 Å². The molecule has 0 heterocycles. The molecule has 0 aromatic carbocycles. The Morgan fingerprint density at radius 2 is 0.815 bits per heavy atom. The van der Waals surface area contributed by atoms with E-state index < -0.39 is 32.3 Å². The van der Waals surface area contributed by atoms with Crippen molar-refractivity contribution in [2.75, 3.05) is 0 Å². The molecule has 2 aliphatic rings. The Hall–Kier alpha value is 1.17. The van der Waals surface area contributed by atoms with Crippen molar-refractivity contribution in [1.29, 1.82) is 0 Å². The molecule has 1 radical (unpaired) electrons. The maximum atomic E-state index is 3.57. The minimum Gasteiger partial charge on any atom is -1.00 e. The molecule has 0 amide bonds. The van der Waals surface area contributed by atoms with Crippen molar-refractivity contribution in [1.82, 2.24) is 0 Å². The Labute approximate surface area is 208 Å². The predicted molar refractivity (Wildman–Crippen MR) is 133 cm³/mol. The molecule has 0 aromatic rings. The van der Waals surface area contributed by atoms with E-state index in [0.29, 0.717) is 0 Å². The molecule has 0 unspecified atom stereocenters. The fraction of sp³-hybridized carbons (Fsp3) is 0.636. The first-order chi connectivity index (χ1) is 11.5. The molecule has 0 N–H and O–H groups in total. The van der Waals surface area contributed by atoms with Gasteiger partial charge >= 0.3 is 40.4 Å². The SMILES string of the molecule is C[Si](C)(C)C1=[C-]CC=C1[Si](C)(C)C.C[Si](C)(C)C1=[C-]CC=C1[Si](C)(C)C.[H-].[Sm+3]. The maximum Gasteiger partial charge on any atom is 3.00 e. The van der Waals surface area contributed by atoms with Gasteiger partial charge in [-0.2, -0.15) is 12.2 Å². The number of allylic oxidation sites excluding steroid dienone is 8. The Balaban J connectivity index is 0. The molecular formula is C22H43Si4Sm. The number of hydrogen-bond donors (Lipinski definition) is 0. The molecule has 0 nitrogen and oxygen atoms in total. The quantitative estimate of drug-likeness (QED) is 0.240. The summed E-state index contributed by atoms with van der Waals surface area (Å²) in [7, 11) is -4.45. The van der Waals surface area contributed by atoms with E-state index in [4.69, 9.17) is 0 Å². The standard InChI is InChI=1S/2C11H21Si2.Sm.H/c2*1-12(2,3)10-8-7-9-11(10)13(4,5)6;;/h2*8H,7H2,1-6H3;;/q2*-1;+3;-1. The minimum atomic E-state index is -1.13. The van der Waals surface area contributed by atoms with Crippen LogP contribution in [0.3, 0.4) is 0 Å². The van der Waals surface area contributed by atoms with Crippen LogP contribution in [0.4, 0.5) is 0 Å². The average molecular weight is 570 g/mol. The maximum absolute atomic E-state index is 3.57.